The highest BCUT2D eigenvalue weighted by molar-refractivity contribution is 6.32. The summed E-state index contributed by atoms with van der Waals surface area (Å²) in [6, 6.07) is 24.3. The molecule has 1 unspecified atom stereocenters. The third-order valence-corrected chi connectivity index (χ3v) is 7.70. The second kappa shape index (κ2) is 10.0. The number of benzene rings is 3. The van der Waals surface area contributed by atoms with Gasteiger partial charge in [0.25, 0.3) is 5.91 Å². The lowest BCUT2D eigenvalue weighted by Crippen LogP contribution is -2.27. The Morgan fingerprint density at radius 1 is 1.00 bits per heavy atom. The van der Waals surface area contributed by atoms with Crippen LogP contribution in [0, 0.1) is 0 Å². The SMILES string of the molecule is CC1=Cc2c(Cl)cccc2C1c1ccccc1N(C)C(=O)c1ccn2ncc(-c3ccc(NC(N)=O)cc3)c2c1. The predicted octanol–water partition coefficient (Wildman–Crippen LogP) is 6.97. The fourth-order valence-electron chi connectivity index (χ4n) is 5.48. The van der Waals surface area contributed by atoms with Crippen LogP contribution in [0.4, 0.5) is 16.2 Å². The zero-order valence-electron chi connectivity index (χ0n) is 21.9. The lowest BCUT2D eigenvalue weighted by atomic mass is 9.87. The zero-order chi connectivity index (χ0) is 28.0. The van der Waals surface area contributed by atoms with Gasteiger partial charge < -0.3 is 16.0 Å². The van der Waals surface area contributed by atoms with Crippen molar-refractivity contribution in [2.75, 3.05) is 17.3 Å². The van der Waals surface area contributed by atoms with Gasteiger partial charge >= 0.3 is 6.03 Å². The van der Waals surface area contributed by atoms with E-state index >= 15 is 0 Å². The molecule has 1 aliphatic rings. The van der Waals surface area contributed by atoms with E-state index in [1.54, 1.807) is 47.1 Å². The van der Waals surface area contributed by atoms with E-state index in [0.717, 1.165) is 44.0 Å². The highest BCUT2D eigenvalue weighted by Crippen LogP contribution is 2.46. The zero-order valence-corrected chi connectivity index (χ0v) is 22.7. The molecular formula is C32H26ClN5O2. The van der Waals surface area contributed by atoms with Gasteiger partial charge in [0.05, 0.1) is 11.7 Å². The Morgan fingerprint density at radius 2 is 1.75 bits per heavy atom. The van der Waals surface area contributed by atoms with Crippen molar-refractivity contribution in [2.45, 2.75) is 12.8 Å². The number of allylic oxidation sites excluding steroid dienone is 1. The van der Waals surface area contributed by atoms with E-state index in [0.29, 0.717) is 11.3 Å². The van der Waals surface area contributed by atoms with Crippen LogP contribution < -0.4 is 16.0 Å². The fourth-order valence-corrected chi connectivity index (χ4v) is 5.71. The van der Waals surface area contributed by atoms with E-state index in [-0.39, 0.29) is 11.8 Å². The lowest BCUT2D eigenvalue weighted by molar-refractivity contribution is 0.0992. The van der Waals surface area contributed by atoms with E-state index in [4.69, 9.17) is 17.3 Å². The van der Waals surface area contributed by atoms with Crippen molar-refractivity contribution in [3.63, 3.8) is 0 Å². The molecule has 1 atom stereocenters. The summed E-state index contributed by atoms with van der Waals surface area (Å²) in [7, 11) is 1.81. The molecule has 0 radical (unpaired) electrons. The quantitative estimate of drug-likeness (QED) is 0.249. The second-order valence-electron chi connectivity index (χ2n) is 9.86. The van der Waals surface area contributed by atoms with Gasteiger partial charge in [-0.25, -0.2) is 9.31 Å². The molecule has 0 saturated heterocycles. The van der Waals surface area contributed by atoms with Crippen LogP contribution in [0.3, 0.4) is 0 Å². The molecule has 198 valence electrons. The van der Waals surface area contributed by atoms with Crippen LogP contribution in [-0.4, -0.2) is 28.6 Å². The van der Waals surface area contributed by atoms with Crippen molar-refractivity contribution in [1.29, 1.82) is 0 Å². The minimum Gasteiger partial charge on any atom is -0.351 e. The van der Waals surface area contributed by atoms with E-state index < -0.39 is 6.03 Å². The molecule has 0 fully saturated rings. The van der Waals surface area contributed by atoms with Crippen molar-refractivity contribution in [3.05, 3.63) is 124 Å². The van der Waals surface area contributed by atoms with Crippen molar-refractivity contribution >= 4 is 46.5 Å². The number of urea groups is 1. The fraction of sp³-hybridized carbons (Fsp3) is 0.0938. The standard InChI is InChI=1S/C32H26ClN5O2/c1-19-16-25-23(7-5-8-27(25)33)30(19)24-6-3-4-9-28(24)37(2)31(39)21-14-15-38-29(17-21)26(18-35-38)20-10-12-22(13-11-20)36-32(34)40/h3-18,30H,1-2H3,(H3,34,36,40). The number of nitrogens with one attached hydrogen (secondary N) is 1. The summed E-state index contributed by atoms with van der Waals surface area (Å²) in [5.41, 5.74) is 14.1. The molecule has 1 aliphatic carbocycles. The third kappa shape index (κ3) is 4.40. The van der Waals surface area contributed by atoms with E-state index in [1.807, 2.05) is 48.5 Å². The summed E-state index contributed by atoms with van der Waals surface area (Å²) in [6.07, 6.45) is 5.68. The number of primary amides is 1. The molecule has 3 aromatic carbocycles. The minimum absolute atomic E-state index is 0.0103. The second-order valence-corrected chi connectivity index (χ2v) is 10.3. The summed E-state index contributed by atoms with van der Waals surface area (Å²) in [5, 5.41) is 7.74. The van der Waals surface area contributed by atoms with E-state index in [1.165, 1.54) is 5.57 Å². The van der Waals surface area contributed by atoms with Gasteiger partial charge in [0.1, 0.15) is 0 Å². The smallest absolute Gasteiger partial charge is 0.316 e. The molecule has 6 rings (SSSR count). The number of pyridine rings is 1. The first kappa shape index (κ1) is 25.4. The molecule has 3 amide bonds. The van der Waals surface area contributed by atoms with Gasteiger partial charge in [0.15, 0.2) is 0 Å². The molecule has 40 heavy (non-hydrogen) atoms. The first-order chi connectivity index (χ1) is 19.3. The average molecular weight is 548 g/mol. The largest absolute Gasteiger partial charge is 0.351 e. The molecule has 5 aromatic rings. The van der Waals surface area contributed by atoms with Crippen LogP contribution in [0.25, 0.3) is 22.7 Å². The molecule has 7 nitrogen and oxygen atoms in total. The van der Waals surface area contributed by atoms with Crippen LogP contribution in [0.5, 0.6) is 0 Å². The minimum atomic E-state index is -0.621. The monoisotopic (exact) mass is 547 g/mol. The van der Waals surface area contributed by atoms with Crippen LogP contribution in [-0.2, 0) is 0 Å². The van der Waals surface area contributed by atoms with Crippen LogP contribution >= 0.6 is 11.6 Å². The van der Waals surface area contributed by atoms with Crippen LogP contribution in [0.15, 0.2) is 96.8 Å². The number of fused-ring (bicyclic) bond motifs is 2. The number of hydrogen-bond acceptors (Lipinski definition) is 3. The maximum Gasteiger partial charge on any atom is 0.316 e. The van der Waals surface area contributed by atoms with Crippen molar-refractivity contribution in [2.24, 2.45) is 5.73 Å². The van der Waals surface area contributed by atoms with Crippen molar-refractivity contribution in [3.8, 4) is 11.1 Å². The van der Waals surface area contributed by atoms with Gasteiger partial charge in [0.2, 0.25) is 0 Å². The molecule has 0 aliphatic heterocycles. The molecule has 2 aromatic heterocycles. The number of rotatable bonds is 5. The Kier molecular flexibility index (Phi) is 6.36. The Labute approximate surface area is 236 Å². The molecule has 0 bridgehead atoms. The molecule has 0 spiro atoms. The molecule has 0 saturated carbocycles. The highest BCUT2D eigenvalue weighted by Gasteiger charge is 2.29. The lowest BCUT2D eigenvalue weighted by Gasteiger charge is -2.25. The summed E-state index contributed by atoms with van der Waals surface area (Å²) >= 11 is 6.51. The maximum atomic E-state index is 13.9. The number of nitrogens with zero attached hydrogens (tertiary/aromatic N) is 3. The van der Waals surface area contributed by atoms with E-state index in [2.05, 4.69) is 35.5 Å². The van der Waals surface area contributed by atoms with Gasteiger partial charge in [-0.05, 0) is 65.6 Å². The first-order valence-corrected chi connectivity index (χ1v) is 13.2. The van der Waals surface area contributed by atoms with Crippen LogP contribution in [0.2, 0.25) is 5.02 Å². The van der Waals surface area contributed by atoms with Gasteiger partial charge in [-0.3, -0.25) is 4.79 Å². The van der Waals surface area contributed by atoms with Crippen molar-refractivity contribution < 1.29 is 9.59 Å². The summed E-state index contributed by atoms with van der Waals surface area (Å²) in [4.78, 5) is 26.7. The Bertz CT molecular complexity index is 1820. The Balaban J connectivity index is 1.34. The number of nitrogens with two attached hydrogens (primary N) is 1. The third-order valence-electron chi connectivity index (χ3n) is 7.37. The van der Waals surface area contributed by atoms with Gasteiger partial charge in [0, 0.05) is 46.7 Å². The Morgan fingerprint density at radius 3 is 2.52 bits per heavy atom. The van der Waals surface area contributed by atoms with Crippen molar-refractivity contribution in [1.82, 2.24) is 9.61 Å². The maximum absolute atomic E-state index is 13.9. The number of anilines is 2. The van der Waals surface area contributed by atoms with Gasteiger partial charge in [-0.1, -0.05) is 65.7 Å². The molecule has 2 heterocycles. The topological polar surface area (TPSA) is 92.7 Å². The van der Waals surface area contributed by atoms with Gasteiger partial charge in [-0.2, -0.15) is 5.10 Å². The van der Waals surface area contributed by atoms with E-state index in [9.17, 15) is 9.59 Å². The first-order valence-electron chi connectivity index (χ1n) is 12.8. The number of carbonyl (C=O) groups excluding carboxylic acids is 2. The normalized spacial score (nSPS) is 14.1. The summed E-state index contributed by atoms with van der Waals surface area (Å²) in [6.45, 7) is 2.10. The predicted molar refractivity (Wildman–Crippen MR) is 160 cm³/mol. The number of carbonyl (C=O) groups is 2. The number of halogens is 1. The van der Waals surface area contributed by atoms with Crippen LogP contribution in [0.1, 0.15) is 39.9 Å². The number of hydrogen-bond donors (Lipinski definition) is 2. The highest BCUT2D eigenvalue weighted by atomic mass is 35.5. The molecule has 8 heteroatoms. The Hall–Kier alpha value is -4.88. The summed E-state index contributed by atoms with van der Waals surface area (Å²) in [5.74, 6) is -0.120. The van der Waals surface area contributed by atoms with Gasteiger partial charge in [-0.15, -0.1) is 0 Å². The summed E-state index contributed by atoms with van der Waals surface area (Å²) < 4.78 is 1.74. The number of aromatic nitrogens is 2. The molecular weight excluding hydrogens is 522 g/mol. The average Bonchev–Trinajstić information content (AvgIpc) is 3.53. The number of amides is 3. The number of para-hydroxylation sites is 1. The molecule has 3 N–H and O–H groups in total.